The Bertz CT molecular complexity index is 1310. The van der Waals surface area contributed by atoms with E-state index in [2.05, 4.69) is 10.4 Å². The highest BCUT2D eigenvalue weighted by atomic mass is 19.4. The number of nitrogens with zero attached hydrogens (tertiary/aromatic N) is 5. The molecule has 0 aromatic carbocycles. The molecule has 2 amide bonds. The molecule has 8 nitrogen and oxygen atoms in total. The average Bonchev–Trinajstić information content (AvgIpc) is 3.43. The predicted octanol–water partition coefficient (Wildman–Crippen LogP) is 5.93. The molecule has 3 aromatic heterocycles. The van der Waals surface area contributed by atoms with Crippen LogP contribution in [0.1, 0.15) is 75.7 Å². The van der Waals surface area contributed by atoms with Gasteiger partial charge in [-0.1, -0.05) is 12.2 Å². The number of alkyl halides is 3. The van der Waals surface area contributed by atoms with Crippen LogP contribution >= 0.6 is 0 Å². The molecule has 3 aromatic rings. The van der Waals surface area contributed by atoms with E-state index in [9.17, 15) is 18.0 Å². The van der Waals surface area contributed by atoms with Crippen LogP contribution in [0.15, 0.2) is 42.6 Å². The second-order valence-corrected chi connectivity index (χ2v) is 10.0. The summed E-state index contributed by atoms with van der Waals surface area (Å²) in [6, 6.07) is 6.49. The smallest absolute Gasteiger partial charge is 0.389 e. The molecule has 0 spiro atoms. The van der Waals surface area contributed by atoms with Crippen molar-refractivity contribution in [2.24, 2.45) is 0 Å². The first-order valence-electron chi connectivity index (χ1n) is 13.2. The van der Waals surface area contributed by atoms with Gasteiger partial charge in [0.05, 0.1) is 35.7 Å². The first-order valence-corrected chi connectivity index (χ1v) is 13.2. The molecule has 1 N–H and O–H groups in total. The Morgan fingerprint density at radius 3 is 2.74 bits per heavy atom. The Morgan fingerprint density at radius 2 is 2.00 bits per heavy atom. The Balaban J connectivity index is 1.52. The molecule has 2 aliphatic rings. The molecule has 1 aliphatic heterocycles. The predicted molar refractivity (Wildman–Crippen MR) is 137 cm³/mol. The zero-order valence-electron chi connectivity index (χ0n) is 21.6. The average molecular weight is 531 g/mol. The topological polar surface area (TPSA) is 76.7 Å². The van der Waals surface area contributed by atoms with Crippen molar-refractivity contribution in [3.8, 4) is 11.6 Å². The number of halogens is 3. The number of rotatable bonds is 4. The molecular weight excluding hydrogens is 497 g/mol. The Labute approximate surface area is 219 Å². The fourth-order valence-corrected chi connectivity index (χ4v) is 4.92. The van der Waals surface area contributed by atoms with Gasteiger partial charge in [-0.3, -0.25) is 0 Å². The largest absolute Gasteiger partial charge is 0.477 e. The van der Waals surface area contributed by atoms with E-state index in [4.69, 9.17) is 9.84 Å². The number of carbonyl (C=O) groups excluding carboxylic acids is 1. The van der Waals surface area contributed by atoms with E-state index >= 15 is 0 Å². The minimum atomic E-state index is -4.29. The quantitative estimate of drug-likeness (QED) is 0.424. The van der Waals surface area contributed by atoms with Gasteiger partial charge in [-0.25, -0.2) is 14.0 Å². The lowest BCUT2D eigenvalue weighted by molar-refractivity contribution is -0.136. The van der Waals surface area contributed by atoms with Crippen LogP contribution in [0, 0.1) is 0 Å². The molecule has 1 aliphatic carbocycles. The van der Waals surface area contributed by atoms with Gasteiger partial charge in [0, 0.05) is 36.7 Å². The fraction of sp³-hybridized carbons (Fsp3) is 0.519. The zero-order chi connectivity index (χ0) is 26.9. The van der Waals surface area contributed by atoms with E-state index in [1.807, 2.05) is 54.9 Å². The molecule has 11 heteroatoms. The van der Waals surface area contributed by atoms with Gasteiger partial charge in [0.1, 0.15) is 0 Å². The Hall–Kier alpha value is -3.50. The summed E-state index contributed by atoms with van der Waals surface area (Å²) in [5, 5.41) is 12.2. The SMILES string of the molecule is CCN1C(=O)N[C@@H](CCC(F)(F)F)C/C=C/CCOc2cc(cc3ccnn23)-n2nc(cc2C2CC2)C1C. The minimum absolute atomic E-state index is 0.189. The highest BCUT2D eigenvalue weighted by Gasteiger charge is 2.33. The lowest BCUT2D eigenvalue weighted by Crippen LogP contribution is -2.46. The summed E-state index contributed by atoms with van der Waals surface area (Å²) in [6.45, 7) is 4.52. The second-order valence-electron chi connectivity index (χ2n) is 10.0. The van der Waals surface area contributed by atoms with Gasteiger partial charge >= 0.3 is 12.2 Å². The van der Waals surface area contributed by atoms with Crippen molar-refractivity contribution in [2.45, 2.75) is 76.6 Å². The molecule has 1 fully saturated rings. The minimum Gasteiger partial charge on any atom is -0.477 e. The van der Waals surface area contributed by atoms with E-state index in [1.54, 1.807) is 15.6 Å². The maximum absolute atomic E-state index is 13.3. The van der Waals surface area contributed by atoms with Crippen LogP contribution < -0.4 is 10.1 Å². The number of aromatic nitrogens is 4. The number of ether oxygens (including phenoxy) is 1. The normalized spacial score (nSPS) is 22.1. The molecule has 2 atom stereocenters. The van der Waals surface area contributed by atoms with Crippen molar-refractivity contribution in [2.75, 3.05) is 13.2 Å². The molecule has 0 radical (unpaired) electrons. The van der Waals surface area contributed by atoms with Crippen LogP contribution in [-0.4, -0.2) is 55.7 Å². The first-order chi connectivity index (χ1) is 18.2. The van der Waals surface area contributed by atoms with Crippen molar-refractivity contribution in [1.82, 2.24) is 29.6 Å². The van der Waals surface area contributed by atoms with Crippen LogP contribution in [0.3, 0.4) is 0 Å². The lowest BCUT2D eigenvalue weighted by Gasteiger charge is -2.29. The molecule has 5 rings (SSSR count). The third kappa shape index (κ3) is 5.81. The summed E-state index contributed by atoms with van der Waals surface area (Å²) in [5.41, 5.74) is 3.54. The van der Waals surface area contributed by atoms with E-state index < -0.39 is 24.7 Å². The van der Waals surface area contributed by atoms with Crippen LogP contribution in [-0.2, 0) is 0 Å². The lowest BCUT2D eigenvalue weighted by atomic mass is 10.1. The summed E-state index contributed by atoms with van der Waals surface area (Å²) in [7, 11) is 0. The van der Waals surface area contributed by atoms with Crippen molar-refractivity contribution >= 4 is 11.5 Å². The monoisotopic (exact) mass is 530 g/mol. The maximum Gasteiger partial charge on any atom is 0.389 e. The number of hydrogen-bond donors (Lipinski definition) is 1. The highest BCUT2D eigenvalue weighted by molar-refractivity contribution is 5.75. The van der Waals surface area contributed by atoms with Gasteiger partial charge in [-0.05, 0) is 64.2 Å². The van der Waals surface area contributed by atoms with Gasteiger partial charge < -0.3 is 15.0 Å². The fourth-order valence-electron chi connectivity index (χ4n) is 4.92. The standard InChI is InChI=1S/C27H33F3N6O2/c1-3-34-18(2)23-17-24(19-8-9-19)35(33-23)22-15-21-11-13-31-36(21)25(16-22)38-14-6-4-5-7-20(32-26(34)37)10-12-27(28,29)30/h4-5,11,13,15-20H,3,6-10,12,14H2,1-2H3,(H,32,37)/b5-4+/t18?,20-/m1/s1. The molecule has 4 heterocycles. The number of urea groups is 1. The van der Waals surface area contributed by atoms with Gasteiger partial charge in [0.15, 0.2) is 0 Å². The molecule has 0 saturated heterocycles. The molecule has 38 heavy (non-hydrogen) atoms. The van der Waals surface area contributed by atoms with E-state index in [0.29, 0.717) is 37.8 Å². The van der Waals surface area contributed by atoms with Crippen LogP contribution in [0.2, 0.25) is 0 Å². The molecule has 204 valence electrons. The maximum atomic E-state index is 13.3. The van der Waals surface area contributed by atoms with Crippen molar-refractivity contribution in [1.29, 1.82) is 0 Å². The van der Waals surface area contributed by atoms with Gasteiger partial charge in [-0.15, -0.1) is 0 Å². The van der Waals surface area contributed by atoms with Crippen molar-refractivity contribution in [3.63, 3.8) is 0 Å². The Kier molecular flexibility index (Phi) is 7.36. The van der Waals surface area contributed by atoms with Crippen LogP contribution in [0.5, 0.6) is 5.88 Å². The zero-order valence-corrected chi connectivity index (χ0v) is 21.6. The number of carbonyl (C=O) groups is 1. The van der Waals surface area contributed by atoms with Crippen molar-refractivity contribution in [3.05, 3.63) is 54.0 Å². The van der Waals surface area contributed by atoms with E-state index in [0.717, 1.165) is 35.4 Å². The van der Waals surface area contributed by atoms with Gasteiger partial charge in [0.25, 0.3) is 0 Å². The summed E-state index contributed by atoms with van der Waals surface area (Å²) in [5.74, 6) is 0.975. The van der Waals surface area contributed by atoms with Gasteiger partial charge in [0.2, 0.25) is 5.88 Å². The number of fused-ring (bicyclic) bond motifs is 7. The number of pyridine rings is 1. The first kappa shape index (κ1) is 26.1. The van der Waals surface area contributed by atoms with E-state index in [-0.39, 0.29) is 12.5 Å². The summed E-state index contributed by atoms with van der Waals surface area (Å²) < 4.78 is 48.7. The molecule has 4 bridgehead atoms. The van der Waals surface area contributed by atoms with Crippen molar-refractivity contribution < 1.29 is 22.7 Å². The highest BCUT2D eigenvalue weighted by Crippen LogP contribution is 2.42. The summed E-state index contributed by atoms with van der Waals surface area (Å²) in [4.78, 5) is 14.9. The van der Waals surface area contributed by atoms with Gasteiger partial charge in [-0.2, -0.15) is 23.4 Å². The summed E-state index contributed by atoms with van der Waals surface area (Å²) >= 11 is 0. The number of nitrogens with one attached hydrogen (secondary N) is 1. The number of amides is 2. The Morgan fingerprint density at radius 1 is 1.18 bits per heavy atom. The van der Waals surface area contributed by atoms with Crippen LogP contribution in [0.25, 0.3) is 11.2 Å². The number of hydrogen-bond acceptors (Lipinski definition) is 4. The van der Waals surface area contributed by atoms with Crippen LogP contribution in [0.4, 0.5) is 18.0 Å². The second kappa shape index (κ2) is 10.7. The summed E-state index contributed by atoms with van der Waals surface area (Å²) in [6.07, 6.45) is 2.97. The van der Waals surface area contributed by atoms with E-state index in [1.165, 1.54) is 0 Å². The third-order valence-corrected chi connectivity index (χ3v) is 7.17. The molecule has 1 saturated carbocycles. The third-order valence-electron chi connectivity index (χ3n) is 7.17. The molecular formula is C27H33F3N6O2. The molecule has 1 unspecified atom stereocenters.